The molecule has 0 spiro atoms. The van der Waals surface area contributed by atoms with E-state index in [-0.39, 0.29) is 5.92 Å². The van der Waals surface area contributed by atoms with Gasteiger partial charge in [-0.15, -0.1) is 0 Å². The lowest BCUT2D eigenvalue weighted by Gasteiger charge is -2.40. The van der Waals surface area contributed by atoms with Crippen LogP contribution in [0.15, 0.2) is 0 Å². The van der Waals surface area contributed by atoms with Crippen LogP contribution in [0.4, 0.5) is 0 Å². The highest BCUT2D eigenvalue weighted by Crippen LogP contribution is 2.27. The van der Waals surface area contributed by atoms with Crippen molar-refractivity contribution in [3.63, 3.8) is 0 Å². The first kappa shape index (κ1) is 14.3. The molecule has 2 saturated carbocycles. The number of piperazine rings is 1. The van der Waals surface area contributed by atoms with Crippen molar-refractivity contribution in [2.75, 3.05) is 26.2 Å². The van der Waals surface area contributed by atoms with Crippen molar-refractivity contribution in [2.45, 2.75) is 63.5 Å². The van der Waals surface area contributed by atoms with Gasteiger partial charge in [0.05, 0.1) is 0 Å². The molecular weight excluding hydrogens is 250 g/mol. The normalized spacial score (nSPS) is 33.5. The zero-order chi connectivity index (χ0) is 13.9. The van der Waals surface area contributed by atoms with E-state index in [0.29, 0.717) is 11.9 Å². The number of hydrogen-bond acceptors (Lipinski definition) is 3. The highest BCUT2D eigenvalue weighted by atomic mass is 16.2. The second-order valence-electron chi connectivity index (χ2n) is 6.91. The van der Waals surface area contributed by atoms with Crippen molar-refractivity contribution in [1.82, 2.24) is 9.80 Å². The molecule has 3 aliphatic rings. The monoisotopic (exact) mass is 279 g/mol. The summed E-state index contributed by atoms with van der Waals surface area (Å²) in [6.07, 6.45) is 9.59. The summed E-state index contributed by atoms with van der Waals surface area (Å²) in [6, 6.07) is 1.14. The lowest BCUT2D eigenvalue weighted by Crippen LogP contribution is -2.53. The van der Waals surface area contributed by atoms with Gasteiger partial charge in [-0.2, -0.15) is 0 Å². The average molecular weight is 279 g/mol. The Kier molecular flexibility index (Phi) is 4.61. The molecule has 0 radical (unpaired) electrons. The predicted molar refractivity (Wildman–Crippen MR) is 80.3 cm³/mol. The highest BCUT2D eigenvalue weighted by Gasteiger charge is 2.32. The molecule has 1 aliphatic heterocycles. The molecule has 2 aliphatic carbocycles. The molecule has 20 heavy (non-hydrogen) atoms. The summed E-state index contributed by atoms with van der Waals surface area (Å²) in [7, 11) is 0. The smallest absolute Gasteiger partial charge is 0.225 e. The predicted octanol–water partition coefficient (Wildman–Crippen LogP) is 1.59. The first-order valence-corrected chi connectivity index (χ1v) is 8.52. The van der Waals surface area contributed by atoms with Crippen molar-refractivity contribution in [2.24, 2.45) is 11.7 Å². The molecule has 0 unspecified atom stereocenters. The van der Waals surface area contributed by atoms with Crippen molar-refractivity contribution < 1.29 is 4.79 Å². The summed E-state index contributed by atoms with van der Waals surface area (Å²) in [5.41, 5.74) is 5.93. The third-order valence-corrected chi connectivity index (χ3v) is 5.59. The maximum atomic E-state index is 12.6. The van der Waals surface area contributed by atoms with Crippen LogP contribution in [-0.4, -0.2) is 54.0 Å². The molecule has 0 aromatic heterocycles. The number of carbonyl (C=O) groups excluding carboxylic acids is 1. The third kappa shape index (κ3) is 3.17. The average Bonchev–Trinajstić information content (AvgIpc) is 3.02. The maximum absolute atomic E-state index is 12.6. The molecule has 4 heteroatoms. The minimum atomic E-state index is 0.257. The van der Waals surface area contributed by atoms with E-state index in [2.05, 4.69) is 9.80 Å². The fourth-order valence-corrected chi connectivity index (χ4v) is 4.20. The number of nitrogens with zero attached hydrogens (tertiary/aromatic N) is 2. The Morgan fingerprint density at radius 2 is 1.45 bits per heavy atom. The van der Waals surface area contributed by atoms with Crippen molar-refractivity contribution in [3.8, 4) is 0 Å². The minimum absolute atomic E-state index is 0.257. The molecule has 3 rings (SSSR count). The van der Waals surface area contributed by atoms with Crippen LogP contribution in [0.3, 0.4) is 0 Å². The summed E-state index contributed by atoms with van der Waals surface area (Å²) in [5.74, 6) is 0.663. The molecule has 1 saturated heterocycles. The summed E-state index contributed by atoms with van der Waals surface area (Å²) >= 11 is 0. The van der Waals surface area contributed by atoms with E-state index >= 15 is 0 Å². The van der Waals surface area contributed by atoms with Crippen molar-refractivity contribution in [1.29, 1.82) is 0 Å². The molecule has 0 aromatic rings. The molecule has 3 fully saturated rings. The van der Waals surface area contributed by atoms with Gasteiger partial charge in [-0.3, -0.25) is 9.69 Å². The topological polar surface area (TPSA) is 49.6 Å². The molecule has 0 atom stereocenters. The Balaban J connectivity index is 1.46. The highest BCUT2D eigenvalue weighted by molar-refractivity contribution is 5.79. The molecule has 1 amide bonds. The van der Waals surface area contributed by atoms with Gasteiger partial charge >= 0.3 is 0 Å². The fraction of sp³-hybridized carbons (Fsp3) is 0.938. The molecule has 2 N–H and O–H groups in total. The van der Waals surface area contributed by atoms with Crippen LogP contribution in [0, 0.1) is 5.92 Å². The number of amides is 1. The zero-order valence-corrected chi connectivity index (χ0v) is 12.6. The lowest BCUT2D eigenvalue weighted by molar-refractivity contribution is -0.138. The van der Waals surface area contributed by atoms with E-state index in [1.54, 1.807) is 0 Å². The van der Waals surface area contributed by atoms with E-state index in [1.165, 1.54) is 25.7 Å². The summed E-state index contributed by atoms with van der Waals surface area (Å²) in [4.78, 5) is 17.3. The van der Waals surface area contributed by atoms with Crippen LogP contribution in [0.5, 0.6) is 0 Å². The first-order valence-electron chi connectivity index (χ1n) is 8.52. The number of rotatable bonds is 2. The van der Waals surface area contributed by atoms with E-state index in [9.17, 15) is 4.79 Å². The van der Waals surface area contributed by atoms with Crippen LogP contribution in [0.2, 0.25) is 0 Å². The zero-order valence-electron chi connectivity index (χ0n) is 12.6. The van der Waals surface area contributed by atoms with Crippen LogP contribution in [0.1, 0.15) is 51.4 Å². The van der Waals surface area contributed by atoms with Gasteiger partial charge < -0.3 is 10.6 Å². The van der Waals surface area contributed by atoms with E-state index in [1.807, 2.05) is 0 Å². The summed E-state index contributed by atoms with van der Waals surface area (Å²) < 4.78 is 0. The summed E-state index contributed by atoms with van der Waals surface area (Å²) in [5, 5.41) is 0. The lowest BCUT2D eigenvalue weighted by atomic mass is 9.85. The van der Waals surface area contributed by atoms with Gasteiger partial charge in [0.1, 0.15) is 0 Å². The first-order chi connectivity index (χ1) is 9.74. The number of nitrogens with two attached hydrogens (primary N) is 1. The van der Waals surface area contributed by atoms with Gasteiger partial charge in [-0.1, -0.05) is 12.8 Å². The van der Waals surface area contributed by atoms with Gasteiger partial charge in [-0.05, 0) is 38.5 Å². The van der Waals surface area contributed by atoms with Crippen LogP contribution in [-0.2, 0) is 4.79 Å². The van der Waals surface area contributed by atoms with Crippen molar-refractivity contribution >= 4 is 5.91 Å². The molecule has 0 bridgehead atoms. The molecule has 1 heterocycles. The van der Waals surface area contributed by atoms with E-state index in [0.717, 1.165) is 57.9 Å². The van der Waals surface area contributed by atoms with Gasteiger partial charge in [0.15, 0.2) is 0 Å². The Labute approximate surface area is 122 Å². The molecular formula is C16H29N3O. The summed E-state index contributed by atoms with van der Waals surface area (Å²) in [6.45, 7) is 4.06. The van der Waals surface area contributed by atoms with Gasteiger partial charge in [-0.25, -0.2) is 0 Å². The number of carbonyl (C=O) groups is 1. The standard InChI is InChI=1S/C16H29N3O/c17-14-7-5-13(6-8-14)16(20)19-11-9-18(10-12-19)15-3-1-2-4-15/h13-15H,1-12,17H2/t13-,14-. The van der Waals surface area contributed by atoms with Crippen LogP contribution >= 0.6 is 0 Å². The third-order valence-electron chi connectivity index (χ3n) is 5.59. The number of hydrogen-bond donors (Lipinski definition) is 1. The second-order valence-corrected chi connectivity index (χ2v) is 6.91. The quantitative estimate of drug-likeness (QED) is 0.835. The SMILES string of the molecule is N[C@H]1CC[C@H](C(=O)N2CCN(C3CCCC3)CC2)CC1. The van der Waals surface area contributed by atoms with Crippen LogP contribution < -0.4 is 5.73 Å². The second kappa shape index (κ2) is 6.44. The Morgan fingerprint density at radius 1 is 0.850 bits per heavy atom. The molecule has 4 nitrogen and oxygen atoms in total. The fourth-order valence-electron chi connectivity index (χ4n) is 4.20. The van der Waals surface area contributed by atoms with Crippen molar-refractivity contribution in [3.05, 3.63) is 0 Å². The van der Waals surface area contributed by atoms with Gasteiger partial charge in [0.25, 0.3) is 0 Å². The Morgan fingerprint density at radius 3 is 2.05 bits per heavy atom. The van der Waals surface area contributed by atoms with E-state index in [4.69, 9.17) is 5.73 Å². The Bertz CT molecular complexity index is 325. The Hall–Kier alpha value is -0.610. The minimum Gasteiger partial charge on any atom is -0.340 e. The molecule has 114 valence electrons. The van der Waals surface area contributed by atoms with Gasteiger partial charge in [0, 0.05) is 44.2 Å². The van der Waals surface area contributed by atoms with Gasteiger partial charge in [0.2, 0.25) is 5.91 Å². The van der Waals surface area contributed by atoms with E-state index < -0.39 is 0 Å². The molecule has 0 aromatic carbocycles. The van der Waals surface area contributed by atoms with Crippen LogP contribution in [0.25, 0.3) is 0 Å². The largest absolute Gasteiger partial charge is 0.340 e. The maximum Gasteiger partial charge on any atom is 0.225 e.